The summed E-state index contributed by atoms with van der Waals surface area (Å²) in [7, 11) is 0. The van der Waals surface area contributed by atoms with Gasteiger partial charge in [0.15, 0.2) is 0 Å². The van der Waals surface area contributed by atoms with Crippen molar-refractivity contribution in [3.8, 4) is 0 Å². The van der Waals surface area contributed by atoms with Gasteiger partial charge < -0.3 is 21.0 Å². The Morgan fingerprint density at radius 1 is 1.20 bits per heavy atom. The Bertz CT molecular complexity index is 671. The van der Waals surface area contributed by atoms with Crippen molar-refractivity contribution >= 4 is 16.9 Å². The van der Waals surface area contributed by atoms with Crippen LogP contribution in [0.15, 0.2) is 23.0 Å². The van der Waals surface area contributed by atoms with E-state index in [1.165, 1.54) is 0 Å². The highest BCUT2D eigenvalue weighted by atomic mass is 16.2. The summed E-state index contributed by atoms with van der Waals surface area (Å²) in [6.07, 6.45) is 0. The first kappa shape index (κ1) is 14.3. The van der Waals surface area contributed by atoms with Crippen LogP contribution in [-0.4, -0.2) is 21.9 Å². The van der Waals surface area contributed by atoms with Crippen molar-refractivity contribution in [3.05, 3.63) is 34.2 Å². The molecule has 6 nitrogen and oxygen atoms in total. The Balaban J connectivity index is 2.16. The molecular weight excluding hydrogens is 256 g/mol. The first-order chi connectivity index (χ1) is 9.38. The van der Waals surface area contributed by atoms with Crippen molar-refractivity contribution in [2.75, 3.05) is 0 Å². The lowest BCUT2D eigenvalue weighted by atomic mass is 10.0. The Kier molecular flexibility index (Phi) is 3.94. The number of imidazole rings is 1. The summed E-state index contributed by atoms with van der Waals surface area (Å²) in [6.45, 7) is 5.70. The van der Waals surface area contributed by atoms with Crippen molar-refractivity contribution in [2.45, 2.75) is 32.9 Å². The molecule has 20 heavy (non-hydrogen) atoms. The van der Waals surface area contributed by atoms with Gasteiger partial charge >= 0.3 is 5.69 Å². The van der Waals surface area contributed by atoms with Crippen LogP contribution in [0.3, 0.4) is 0 Å². The molecular formula is C14H20N4O2. The smallest absolute Gasteiger partial charge is 0.323 e. The summed E-state index contributed by atoms with van der Waals surface area (Å²) in [5.41, 5.74) is 7.96. The first-order valence-corrected chi connectivity index (χ1v) is 6.66. The normalized spacial score (nSPS) is 14.4. The largest absolute Gasteiger partial charge is 0.348 e. The van der Waals surface area contributed by atoms with Gasteiger partial charge in [0.25, 0.3) is 0 Å². The minimum absolute atomic E-state index is 0.0886. The number of carbonyl (C=O) groups is 1. The van der Waals surface area contributed by atoms with Crippen molar-refractivity contribution in [1.29, 1.82) is 0 Å². The van der Waals surface area contributed by atoms with E-state index in [9.17, 15) is 9.59 Å². The molecule has 0 radical (unpaired) electrons. The summed E-state index contributed by atoms with van der Waals surface area (Å²) in [4.78, 5) is 28.5. The molecule has 0 spiro atoms. The number of benzene rings is 1. The predicted molar refractivity (Wildman–Crippen MR) is 78.3 cm³/mol. The second kappa shape index (κ2) is 5.50. The van der Waals surface area contributed by atoms with Gasteiger partial charge in [-0.1, -0.05) is 19.9 Å². The van der Waals surface area contributed by atoms with Crippen LogP contribution >= 0.6 is 0 Å². The van der Waals surface area contributed by atoms with Gasteiger partial charge in [0.2, 0.25) is 5.91 Å². The molecule has 0 aliphatic carbocycles. The molecule has 1 unspecified atom stereocenters. The van der Waals surface area contributed by atoms with Gasteiger partial charge in [-0.25, -0.2) is 4.79 Å². The topological polar surface area (TPSA) is 104 Å². The number of hydrogen-bond acceptors (Lipinski definition) is 3. The van der Waals surface area contributed by atoms with E-state index in [0.29, 0.717) is 0 Å². The molecule has 2 rings (SSSR count). The predicted octanol–water partition coefficient (Wildman–Crippen LogP) is 1.02. The number of nitrogens with two attached hydrogens (primary N) is 1. The highest BCUT2D eigenvalue weighted by molar-refractivity contribution is 5.82. The molecule has 0 aliphatic heterocycles. The van der Waals surface area contributed by atoms with Crippen LogP contribution in [0, 0.1) is 5.92 Å². The lowest BCUT2D eigenvalue weighted by Crippen LogP contribution is -2.44. The second-order valence-corrected chi connectivity index (χ2v) is 5.38. The average Bonchev–Trinajstić information content (AvgIpc) is 2.76. The zero-order valence-electron chi connectivity index (χ0n) is 11.9. The third-order valence-electron chi connectivity index (χ3n) is 3.42. The molecule has 1 aromatic heterocycles. The maximum Gasteiger partial charge on any atom is 0.323 e. The third kappa shape index (κ3) is 2.91. The van der Waals surface area contributed by atoms with Gasteiger partial charge in [-0.3, -0.25) is 4.79 Å². The number of nitrogens with one attached hydrogen (secondary N) is 3. The fourth-order valence-electron chi connectivity index (χ4n) is 2.02. The summed E-state index contributed by atoms with van der Waals surface area (Å²) in [6, 6.07) is 4.84. The summed E-state index contributed by atoms with van der Waals surface area (Å²) < 4.78 is 0. The zero-order valence-corrected chi connectivity index (χ0v) is 11.9. The van der Waals surface area contributed by atoms with Crippen LogP contribution < -0.4 is 16.7 Å². The molecule has 108 valence electrons. The van der Waals surface area contributed by atoms with Crippen LogP contribution in [0.1, 0.15) is 32.4 Å². The first-order valence-electron chi connectivity index (χ1n) is 6.66. The van der Waals surface area contributed by atoms with Crippen LogP contribution in [-0.2, 0) is 4.79 Å². The summed E-state index contributed by atoms with van der Waals surface area (Å²) >= 11 is 0. The maximum atomic E-state index is 11.9. The average molecular weight is 276 g/mol. The number of carbonyl (C=O) groups excluding carboxylic acids is 1. The van der Waals surface area contributed by atoms with E-state index < -0.39 is 6.04 Å². The monoisotopic (exact) mass is 276 g/mol. The number of amides is 1. The van der Waals surface area contributed by atoms with Gasteiger partial charge in [0.1, 0.15) is 0 Å². The van der Waals surface area contributed by atoms with Crippen molar-refractivity contribution in [3.63, 3.8) is 0 Å². The van der Waals surface area contributed by atoms with E-state index in [4.69, 9.17) is 5.73 Å². The summed E-state index contributed by atoms with van der Waals surface area (Å²) in [5, 5.41) is 2.88. The lowest BCUT2D eigenvalue weighted by molar-refractivity contribution is -0.123. The number of hydrogen-bond donors (Lipinski definition) is 4. The van der Waals surface area contributed by atoms with E-state index in [1.54, 1.807) is 0 Å². The van der Waals surface area contributed by atoms with E-state index in [-0.39, 0.29) is 23.6 Å². The molecule has 1 aromatic carbocycles. The van der Waals surface area contributed by atoms with E-state index in [0.717, 1.165) is 16.6 Å². The highest BCUT2D eigenvalue weighted by Crippen LogP contribution is 2.17. The molecule has 2 aromatic rings. The Hall–Kier alpha value is -2.08. The van der Waals surface area contributed by atoms with Crippen molar-refractivity contribution in [2.24, 2.45) is 11.7 Å². The minimum Gasteiger partial charge on any atom is -0.348 e. The van der Waals surface area contributed by atoms with Gasteiger partial charge in [-0.05, 0) is 30.5 Å². The maximum absolute atomic E-state index is 11.9. The van der Waals surface area contributed by atoms with Crippen LogP contribution in [0.2, 0.25) is 0 Å². The SMILES string of the molecule is CC(NC(=O)[C@H](N)C(C)C)c1ccc2[nH]c(=O)[nH]c2c1. The van der Waals surface area contributed by atoms with E-state index >= 15 is 0 Å². The van der Waals surface area contributed by atoms with Gasteiger partial charge in [-0.15, -0.1) is 0 Å². The third-order valence-corrected chi connectivity index (χ3v) is 3.42. The summed E-state index contributed by atoms with van der Waals surface area (Å²) in [5.74, 6) is -0.0825. The Morgan fingerprint density at radius 2 is 1.85 bits per heavy atom. The molecule has 0 saturated carbocycles. The number of H-pyrrole nitrogens is 2. The van der Waals surface area contributed by atoms with Crippen molar-refractivity contribution in [1.82, 2.24) is 15.3 Å². The molecule has 6 heteroatoms. The Labute approximate surface area is 116 Å². The van der Waals surface area contributed by atoms with Crippen LogP contribution in [0.25, 0.3) is 11.0 Å². The van der Waals surface area contributed by atoms with Gasteiger partial charge in [0, 0.05) is 0 Å². The molecule has 0 bridgehead atoms. The zero-order chi connectivity index (χ0) is 14.9. The quantitative estimate of drug-likeness (QED) is 0.670. The fourth-order valence-corrected chi connectivity index (χ4v) is 2.02. The molecule has 2 atom stereocenters. The fraction of sp³-hybridized carbons (Fsp3) is 0.429. The second-order valence-electron chi connectivity index (χ2n) is 5.38. The van der Waals surface area contributed by atoms with E-state index in [1.807, 2.05) is 39.0 Å². The van der Waals surface area contributed by atoms with Crippen LogP contribution in [0.5, 0.6) is 0 Å². The number of fused-ring (bicyclic) bond motifs is 1. The van der Waals surface area contributed by atoms with Gasteiger partial charge in [0.05, 0.1) is 23.1 Å². The Morgan fingerprint density at radius 3 is 2.50 bits per heavy atom. The van der Waals surface area contributed by atoms with Gasteiger partial charge in [-0.2, -0.15) is 0 Å². The standard InChI is InChI=1S/C14H20N4O2/c1-7(2)12(15)13(19)16-8(3)9-4-5-10-11(6-9)18-14(20)17-10/h4-8,12H,15H2,1-3H3,(H,16,19)(H2,17,18,20)/t8?,12-/m1/s1. The number of aromatic nitrogens is 2. The number of aromatic amines is 2. The molecule has 1 heterocycles. The molecule has 0 aliphatic rings. The van der Waals surface area contributed by atoms with Crippen LogP contribution in [0.4, 0.5) is 0 Å². The molecule has 1 amide bonds. The molecule has 5 N–H and O–H groups in total. The van der Waals surface area contributed by atoms with E-state index in [2.05, 4.69) is 15.3 Å². The lowest BCUT2D eigenvalue weighted by Gasteiger charge is -2.20. The molecule has 0 fully saturated rings. The minimum atomic E-state index is -0.520. The number of rotatable bonds is 4. The highest BCUT2D eigenvalue weighted by Gasteiger charge is 2.19. The van der Waals surface area contributed by atoms with Crippen molar-refractivity contribution < 1.29 is 4.79 Å². The molecule has 0 saturated heterocycles.